The summed E-state index contributed by atoms with van der Waals surface area (Å²) >= 11 is 0. The predicted octanol–water partition coefficient (Wildman–Crippen LogP) is 1.92. The van der Waals surface area contributed by atoms with E-state index in [2.05, 4.69) is 37.8 Å². The number of hydrogen-bond acceptors (Lipinski definition) is 5. The van der Waals surface area contributed by atoms with Crippen molar-refractivity contribution in [1.82, 2.24) is 25.1 Å². The maximum atomic E-state index is 12.0. The number of para-hydroxylation sites is 1. The van der Waals surface area contributed by atoms with Crippen LogP contribution < -0.4 is 10.6 Å². The SMILES string of the molecule is Cc1nc(NCCCn2ncc3ccccc32)c2c(n1)C(=O)NCC2. The first-order valence-electron chi connectivity index (χ1n) is 8.52. The summed E-state index contributed by atoms with van der Waals surface area (Å²) in [5, 5.41) is 11.8. The Balaban J connectivity index is 1.43. The Bertz CT molecular complexity index is 932. The quantitative estimate of drug-likeness (QED) is 0.696. The number of amides is 1. The van der Waals surface area contributed by atoms with Crippen molar-refractivity contribution >= 4 is 22.6 Å². The number of nitrogens with zero attached hydrogens (tertiary/aromatic N) is 4. The monoisotopic (exact) mass is 336 g/mol. The van der Waals surface area contributed by atoms with Crippen LogP contribution in [0.1, 0.15) is 28.3 Å². The molecule has 2 N–H and O–H groups in total. The molecule has 7 heteroatoms. The van der Waals surface area contributed by atoms with Crippen molar-refractivity contribution in [2.75, 3.05) is 18.4 Å². The van der Waals surface area contributed by atoms with Crippen LogP contribution in [0.5, 0.6) is 0 Å². The normalized spacial score (nSPS) is 13.6. The molecule has 0 bridgehead atoms. The molecular formula is C18H20N6O. The Labute approximate surface area is 145 Å². The second kappa shape index (κ2) is 6.51. The Morgan fingerprint density at radius 1 is 1.28 bits per heavy atom. The van der Waals surface area contributed by atoms with E-state index < -0.39 is 0 Å². The van der Waals surface area contributed by atoms with Gasteiger partial charge in [-0.2, -0.15) is 5.10 Å². The molecule has 2 aromatic heterocycles. The average Bonchev–Trinajstić information content (AvgIpc) is 3.03. The molecule has 0 saturated carbocycles. The first-order chi connectivity index (χ1) is 12.2. The molecule has 3 aromatic rings. The molecule has 128 valence electrons. The van der Waals surface area contributed by atoms with Gasteiger partial charge >= 0.3 is 0 Å². The summed E-state index contributed by atoms with van der Waals surface area (Å²) in [6, 6.07) is 8.20. The fraction of sp³-hybridized carbons (Fsp3) is 0.333. The first kappa shape index (κ1) is 15.6. The summed E-state index contributed by atoms with van der Waals surface area (Å²) in [5.41, 5.74) is 2.56. The predicted molar refractivity (Wildman–Crippen MR) is 95.6 cm³/mol. The molecule has 1 aliphatic rings. The fourth-order valence-electron chi connectivity index (χ4n) is 3.19. The molecule has 0 fully saturated rings. The average molecular weight is 336 g/mol. The zero-order valence-electron chi connectivity index (χ0n) is 14.1. The van der Waals surface area contributed by atoms with Crippen LogP contribution in [0.25, 0.3) is 10.9 Å². The van der Waals surface area contributed by atoms with Crippen molar-refractivity contribution < 1.29 is 4.79 Å². The van der Waals surface area contributed by atoms with Crippen LogP contribution >= 0.6 is 0 Å². The summed E-state index contributed by atoms with van der Waals surface area (Å²) in [7, 11) is 0. The lowest BCUT2D eigenvalue weighted by Gasteiger charge is -2.19. The highest BCUT2D eigenvalue weighted by atomic mass is 16.1. The number of benzene rings is 1. The number of hydrogen-bond donors (Lipinski definition) is 2. The zero-order chi connectivity index (χ0) is 17.2. The lowest BCUT2D eigenvalue weighted by Crippen LogP contribution is -2.34. The van der Waals surface area contributed by atoms with E-state index in [0.717, 1.165) is 48.2 Å². The van der Waals surface area contributed by atoms with Gasteiger partial charge in [0.05, 0.1) is 11.7 Å². The van der Waals surface area contributed by atoms with Crippen LogP contribution in [0.3, 0.4) is 0 Å². The lowest BCUT2D eigenvalue weighted by molar-refractivity contribution is 0.0940. The van der Waals surface area contributed by atoms with Gasteiger partial charge in [-0.05, 0) is 25.8 Å². The van der Waals surface area contributed by atoms with Gasteiger partial charge < -0.3 is 10.6 Å². The molecule has 0 saturated heterocycles. The number of nitrogens with one attached hydrogen (secondary N) is 2. The molecule has 0 spiro atoms. The molecule has 0 unspecified atom stereocenters. The standard InChI is InChI=1S/C18H20N6O/c1-12-22-16-14(7-9-20-18(16)25)17(23-12)19-8-4-10-24-15-6-3-2-5-13(15)11-21-24/h2-3,5-6,11H,4,7-10H2,1H3,(H,20,25)(H,19,22,23). The summed E-state index contributed by atoms with van der Waals surface area (Å²) in [6.07, 6.45) is 3.56. The van der Waals surface area contributed by atoms with Crippen LogP contribution in [-0.4, -0.2) is 38.7 Å². The molecule has 0 atom stereocenters. The Morgan fingerprint density at radius 2 is 2.16 bits per heavy atom. The van der Waals surface area contributed by atoms with Gasteiger partial charge in [0.15, 0.2) is 0 Å². The molecule has 1 amide bonds. The van der Waals surface area contributed by atoms with E-state index in [1.807, 2.05) is 29.9 Å². The number of anilines is 1. The molecular weight excluding hydrogens is 316 g/mol. The molecule has 4 rings (SSSR count). The number of rotatable bonds is 5. The Kier molecular flexibility index (Phi) is 4.05. The second-order valence-electron chi connectivity index (χ2n) is 6.16. The second-order valence-corrected chi connectivity index (χ2v) is 6.16. The third-order valence-corrected chi connectivity index (χ3v) is 4.38. The molecule has 3 heterocycles. The molecule has 0 radical (unpaired) electrons. The van der Waals surface area contributed by atoms with Crippen LogP contribution in [0.2, 0.25) is 0 Å². The van der Waals surface area contributed by atoms with E-state index in [4.69, 9.17) is 0 Å². The maximum Gasteiger partial charge on any atom is 0.270 e. The van der Waals surface area contributed by atoms with Gasteiger partial charge in [-0.1, -0.05) is 18.2 Å². The summed E-state index contributed by atoms with van der Waals surface area (Å²) in [5.74, 6) is 1.27. The fourth-order valence-corrected chi connectivity index (χ4v) is 3.19. The Hall–Kier alpha value is -2.96. The smallest absolute Gasteiger partial charge is 0.270 e. The highest BCUT2D eigenvalue weighted by Crippen LogP contribution is 2.20. The first-order valence-corrected chi connectivity index (χ1v) is 8.52. The van der Waals surface area contributed by atoms with Crippen LogP contribution in [0, 0.1) is 6.92 Å². The van der Waals surface area contributed by atoms with E-state index in [9.17, 15) is 4.79 Å². The van der Waals surface area contributed by atoms with Gasteiger partial charge in [0.2, 0.25) is 0 Å². The number of fused-ring (bicyclic) bond motifs is 2. The summed E-state index contributed by atoms with van der Waals surface area (Å²) in [4.78, 5) is 20.7. The van der Waals surface area contributed by atoms with Gasteiger partial charge in [-0.25, -0.2) is 9.97 Å². The number of carbonyl (C=O) groups excluding carboxylic acids is 1. The number of carbonyl (C=O) groups is 1. The van der Waals surface area contributed by atoms with Crippen molar-refractivity contribution in [3.63, 3.8) is 0 Å². The number of aromatic nitrogens is 4. The van der Waals surface area contributed by atoms with Crippen LogP contribution in [-0.2, 0) is 13.0 Å². The van der Waals surface area contributed by atoms with Gasteiger partial charge in [-0.3, -0.25) is 9.48 Å². The third kappa shape index (κ3) is 3.05. The van der Waals surface area contributed by atoms with Crippen molar-refractivity contribution in [3.05, 3.63) is 47.5 Å². The van der Waals surface area contributed by atoms with E-state index in [1.54, 1.807) is 0 Å². The van der Waals surface area contributed by atoms with E-state index in [0.29, 0.717) is 18.1 Å². The molecule has 25 heavy (non-hydrogen) atoms. The van der Waals surface area contributed by atoms with Crippen LogP contribution in [0.4, 0.5) is 5.82 Å². The zero-order valence-corrected chi connectivity index (χ0v) is 14.1. The molecule has 0 aliphatic carbocycles. The molecule has 1 aliphatic heterocycles. The van der Waals surface area contributed by atoms with Crippen molar-refractivity contribution in [2.45, 2.75) is 26.3 Å². The largest absolute Gasteiger partial charge is 0.370 e. The van der Waals surface area contributed by atoms with Crippen LogP contribution in [0.15, 0.2) is 30.5 Å². The van der Waals surface area contributed by atoms with E-state index in [-0.39, 0.29) is 5.91 Å². The van der Waals surface area contributed by atoms with Gasteiger partial charge in [0, 0.05) is 30.6 Å². The lowest BCUT2D eigenvalue weighted by atomic mass is 10.1. The van der Waals surface area contributed by atoms with Gasteiger partial charge in [-0.15, -0.1) is 0 Å². The minimum absolute atomic E-state index is 0.113. The van der Waals surface area contributed by atoms with Gasteiger partial charge in [0.1, 0.15) is 17.3 Å². The maximum absolute atomic E-state index is 12.0. The summed E-state index contributed by atoms with van der Waals surface area (Å²) < 4.78 is 2.02. The highest BCUT2D eigenvalue weighted by Gasteiger charge is 2.22. The Morgan fingerprint density at radius 3 is 3.08 bits per heavy atom. The molecule has 7 nitrogen and oxygen atoms in total. The minimum atomic E-state index is -0.113. The topological polar surface area (TPSA) is 84.7 Å². The molecule has 1 aromatic carbocycles. The number of aryl methyl sites for hydroxylation is 2. The van der Waals surface area contributed by atoms with E-state index in [1.165, 1.54) is 0 Å². The highest BCUT2D eigenvalue weighted by molar-refractivity contribution is 5.95. The van der Waals surface area contributed by atoms with Gasteiger partial charge in [0.25, 0.3) is 5.91 Å². The minimum Gasteiger partial charge on any atom is -0.370 e. The van der Waals surface area contributed by atoms with Crippen molar-refractivity contribution in [2.24, 2.45) is 0 Å². The van der Waals surface area contributed by atoms with E-state index >= 15 is 0 Å². The van der Waals surface area contributed by atoms with Crippen molar-refractivity contribution in [1.29, 1.82) is 0 Å². The van der Waals surface area contributed by atoms with Crippen molar-refractivity contribution in [3.8, 4) is 0 Å². The third-order valence-electron chi connectivity index (χ3n) is 4.38. The summed E-state index contributed by atoms with van der Waals surface area (Å²) in [6.45, 7) is 4.03.